The Labute approximate surface area is 184 Å². The highest BCUT2D eigenvalue weighted by Gasteiger charge is 2.34. The van der Waals surface area contributed by atoms with Crippen LogP contribution < -0.4 is 14.8 Å². The van der Waals surface area contributed by atoms with Gasteiger partial charge in [0.15, 0.2) is 0 Å². The average Bonchev–Trinajstić information content (AvgIpc) is 3.24. The number of rotatable bonds is 4. The molecule has 4 rings (SSSR count). The van der Waals surface area contributed by atoms with Gasteiger partial charge in [0.2, 0.25) is 0 Å². The number of hydrogen-bond acceptors (Lipinski definition) is 3. The van der Waals surface area contributed by atoms with Crippen LogP contribution in [0.25, 0.3) is 0 Å². The number of halogens is 2. The van der Waals surface area contributed by atoms with Crippen LogP contribution in [0.1, 0.15) is 17.3 Å². The molecule has 156 valence electrons. The number of ether oxygens (including phenoxy) is 2. The van der Waals surface area contributed by atoms with E-state index >= 15 is 0 Å². The maximum atomic E-state index is 13.3. The summed E-state index contributed by atoms with van der Waals surface area (Å²) in [6, 6.07) is 14.0. The lowest BCUT2D eigenvalue weighted by atomic mass is 9.98. The van der Waals surface area contributed by atoms with Crippen LogP contribution in [0.5, 0.6) is 11.5 Å². The maximum absolute atomic E-state index is 13.3. The van der Waals surface area contributed by atoms with E-state index < -0.39 is 0 Å². The third-order valence-corrected chi connectivity index (χ3v) is 5.94. The first-order valence-electron chi connectivity index (χ1n) is 9.41. The minimum absolute atomic E-state index is 0.240. The van der Waals surface area contributed by atoms with Crippen molar-refractivity contribution < 1.29 is 14.3 Å². The molecule has 0 fully saturated rings. The first kappa shape index (κ1) is 20.4. The molecule has 2 aromatic carbocycles. The lowest BCUT2D eigenvalue weighted by molar-refractivity contribution is 0.180. The molecule has 1 atom stereocenters. The number of benzene rings is 2. The smallest absolute Gasteiger partial charge is 0.322 e. The topological polar surface area (TPSA) is 55.7 Å². The largest absolute Gasteiger partial charge is 0.497 e. The molecule has 1 aliphatic rings. The standard InChI is InChI=1S/C22H21Cl2N3O3/c1-29-15-6-8-20(30-2)16(13-15)21-19-4-3-9-26(19)10-11-27(21)22(28)25-14-5-7-17(23)18(24)12-14/h3-9,12-13,21H,10-11H2,1-2H3,(H,25,28). The number of anilines is 1. The maximum Gasteiger partial charge on any atom is 0.322 e. The quantitative estimate of drug-likeness (QED) is 0.580. The van der Waals surface area contributed by atoms with Crippen LogP contribution >= 0.6 is 23.2 Å². The highest BCUT2D eigenvalue weighted by molar-refractivity contribution is 6.42. The number of nitrogens with zero attached hydrogens (tertiary/aromatic N) is 2. The number of amides is 2. The van der Waals surface area contributed by atoms with Gasteiger partial charge in [-0.05, 0) is 48.5 Å². The Morgan fingerprint density at radius 3 is 2.60 bits per heavy atom. The summed E-state index contributed by atoms with van der Waals surface area (Å²) < 4.78 is 13.2. The number of carbonyl (C=O) groups is 1. The second kappa shape index (κ2) is 8.50. The van der Waals surface area contributed by atoms with E-state index in [4.69, 9.17) is 32.7 Å². The van der Waals surface area contributed by atoms with Gasteiger partial charge in [-0.15, -0.1) is 0 Å². The van der Waals surface area contributed by atoms with Crippen LogP contribution in [0.2, 0.25) is 10.0 Å². The SMILES string of the molecule is COc1ccc(OC)c(C2c3cccn3CCN2C(=O)Nc2ccc(Cl)c(Cl)c2)c1. The summed E-state index contributed by atoms with van der Waals surface area (Å²) in [7, 11) is 3.23. The van der Waals surface area contributed by atoms with Crippen LogP contribution in [-0.2, 0) is 6.54 Å². The van der Waals surface area contributed by atoms with E-state index in [-0.39, 0.29) is 12.1 Å². The molecule has 2 amide bonds. The van der Waals surface area contributed by atoms with Crippen LogP contribution in [0.4, 0.5) is 10.5 Å². The van der Waals surface area contributed by atoms with Crippen molar-refractivity contribution in [2.45, 2.75) is 12.6 Å². The van der Waals surface area contributed by atoms with E-state index in [2.05, 4.69) is 9.88 Å². The van der Waals surface area contributed by atoms with Crippen LogP contribution in [0.15, 0.2) is 54.7 Å². The molecule has 3 aromatic rings. The molecule has 0 bridgehead atoms. The van der Waals surface area contributed by atoms with Crippen molar-refractivity contribution in [1.82, 2.24) is 9.47 Å². The molecule has 30 heavy (non-hydrogen) atoms. The average molecular weight is 446 g/mol. The third-order valence-electron chi connectivity index (χ3n) is 5.20. The molecule has 0 saturated carbocycles. The zero-order valence-electron chi connectivity index (χ0n) is 16.6. The van der Waals surface area contributed by atoms with E-state index in [9.17, 15) is 4.79 Å². The zero-order chi connectivity index (χ0) is 21.3. The molecule has 6 nitrogen and oxygen atoms in total. The van der Waals surface area contributed by atoms with Gasteiger partial charge in [-0.25, -0.2) is 4.79 Å². The van der Waals surface area contributed by atoms with Crippen LogP contribution in [0, 0.1) is 0 Å². The highest BCUT2D eigenvalue weighted by Crippen LogP contribution is 2.39. The van der Waals surface area contributed by atoms with Crippen molar-refractivity contribution in [3.8, 4) is 11.5 Å². The van der Waals surface area contributed by atoms with Crippen molar-refractivity contribution in [2.75, 3.05) is 26.1 Å². The van der Waals surface area contributed by atoms with Crippen molar-refractivity contribution in [3.63, 3.8) is 0 Å². The first-order chi connectivity index (χ1) is 14.5. The van der Waals surface area contributed by atoms with E-state index in [1.807, 2.05) is 36.5 Å². The lowest BCUT2D eigenvalue weighted by Crippen LogP contribution is -2.44. The van der Waals surface area contributed by atoms with Gasteiger partial charge in [0.25, 0.3) is 0 Å². The molecule has 1 unspecified atom stereocenters. The molecule has 1 aromatic heterocycles. The van der Waals surface area contributed by atoms with Crippen molar-refractivity contribution in [3.05, 3.63) is 76.0 Å². The summed E-state index contributed by atoms with van der Waals surface area (Å²) in [6.07, 6.45) is 2.02. The fourth-order valence-electron chi connectivity index (χ4n) is 3.75. The number of aromatic nitrogens is 1. The van der Waals surface area contributed by atoms with E-state index in [0.717, 1.165) is 11.3 Å². The number of hydrogen-bond donors (Lipinski definition) is 1. The Morgan fingerprint density at radius 2 is 1.87 bits per heavy atom. The second-order valence-electron chi connectivity index (χ2n) is 6.89. The van der Waals surface area contributed by atoms with E-state index in [0.29, 0.717) is 40.3 Å². The minimum atomic E-state index is -0.346. The fourth-order valence-corrected chi connectivity index (χ4v) is 4.05. The molecular formula is C22H21Cl2N3O3. The van der Waals surface area contributed by atoms with Crippen molar-refractivity contribution in [1.29, 1.82) is 0 Å². The van der Waals surface area contributed by atoms with Gasteiger partial charge in [0.1, 0.15) is 17.5 Å². The molecule has 1 aliphatic heterocycles. The van der Waals surface area contributed by atoms with Gasteiger partial charge in [-0.2, -0.15) is 0 Å². The summed E-state index contributed by atoms with van der Waals surface area (Å²) >= 11 is 12.1. The molecule has 8 heteroatoms. The van der Waals surface area contributed by atoms with Crippen molar-refractivity contribution >= 4 is 34.9 Å². The highest BCUT2D eigenvalue weighted by atomic mass is 35.5. The molecule has 0 saturated heterocycles. The number of methoxy groups -OCH3 is 2. The Morgan fingerprint density at radius 1 is 1.03 bits per heavy atom. The third kappa shape index (κ3) is 3.80. The predicted molar refractivity (Wildman–Crippen MR) is 118 cm³/mol. The second-order valence-corrected chi connectivity index (χ2v) is 7.70. The fraction of sp³-hybridized carbons (Fsp3) is 0.227. The predicted octanol–water partition coefficient (Wildman–Crippen LogP) is 5.45. The number of carbonyl (C=O) groups excluding carboxylic acids is 1. The summed E-state index contributed by atoms with van der Waals surface area (Å²) in [5, 5.41) is 3.75. The van der Waals surface area contributed by atoms with Crippen LogP contribution in [-0.4, -0.2) is 36.3 Å². The minimum Gasteiger partial charge on any atom is -0.497 e. The zero-order valence-corrected chi connectivity index (χ0v) is 18.1. The van der Waals surface area contributed by atoms with E-state index in [1.54, 1.807) is 37.3 Å². The monoisotopic (exact) mass is 445 g/mol. The number of fused-ring (bicyclic) bond motifs is 1. The Hall–Kier alpha value is -2.83. The van der Waals surface area contributed by atoms with Gasteiger partial charge < -0.3 is 24.3 Å². The van der Waals surface area contributed by atoms with Gasteiger partial charge in [0, 0.05) is 36.2 Å². The first-order valence-corrected chi connectivity index (χ1v) is 10.2. The summed E-state index contributed by atoms with van der Waals surface area (Å²) in [5.41, 5.74) is 2.42. The number of nitrogens with one attached hydrogen (secondary N) is 1. The molecule has 0 radical (unpaired) electrons. The molecule has 2 heterocycles. The lowest BCUT2D eigenvalue weighted by Gasteiger charge is -2.37. The molecule has 1 N–H and O–H groups in total. The van der Waals surface area contributed by atoms with E-state index in [1.165, 1.54) is 0 Å². The normalized spacial score (nSPS) is 15.5. The van der Waals surface area contributed by atoms with Gasteiger partial charge in [0.05, 0.1) is 24.3 Å². The Kier molecular flexibility index (Phi) is 5.79. The number of urea groups is 1. The van der Waals surface area contributed by atoms with Crippen molar-refractivity contribution in [2.24, 2.45) is 0 Å². The van der Waals surface area contributed by atoms with Gasteiger partial charge in [-0.3, -0.25) is 0 Å². The van der Waals surface area contributed by atoms with Gasteiger partial charge >= 0.3 is 6.03 Å². The Balaban J connectivity index is 1.73. The molecular weight excluding hydrogens is 425 g/mol. The molecule has 0 spiro atoms. The summed E-state index contributed by atoms with van der Waals surface area (Å²) in [4.78, 5) is 15.1. The summed E-state index contributed by atoms with van der Waals surface area (Å²) in [5.74, 6) is 1.38. The van der Waals surface area contributed by atoms with Gasteiger partial charge in [-0.1, -0.05) is 23.2 Å². The molecule has 0 aliphatic carbocycles. The summed E-state index contributed by atoms with van der Waals surface area (Å²) in [6.45, 7) is 1.22. The van der Waals surface area contributed by atoms with Crippen LogP contribution in [0.3, 0.4) is 0 Å². The Bertz CT molecular complexity index is 1080.